The number of alkyl halides is 1. The fourth-order valence-corrected chi connectivity index (χ4v) is 5.80. The van der Waals surface area contributed by atoms with Crippen molar-refractivity contribution in [3.8, 4) is 0 Å². The summed E-state index contributed by atoms with van der Waals surface area (Å²) in [5.41, 5.74) is 2.43. The van der Waals surface area contributed by atoms with E-state index in [1.165, 1.54) is 44.3 Å². The minimum Gasteiger partial charge on any atom is -1.00 e. The monoisotopic (exact) mass is 862 g/mol. The van der Waals surface area contributed by atoms with E-state index in [4.69, 9.17) is 19.9 Å². The Morgan fingerprint density at radius 1 is 0.833 bits per heavy atom. The van der Waals surface area contributed by atoms with Crippen LogP contribution in [0.25, 0.3) is 0 Å². The maximum Gasteiger partial charge on any atom is 1.00 e. The molecule has 3 aliphatic heterocycles. The van der Waals surface area contributed by atoms with Crippen LogP contribution in [0.2, 0.25) is 0 Å². The summed E-state index contributed by atoms with van der Waals surface area (Å²) in [6, 6.07) is 29.3. The van der Waals surface area contributed by atoms with Crippen LogP contribution in [0.5, 0.6) is 0 Å². The summed E-state index contributed by atoms with van der Waals surface area (Å²) in [6.45, 7) is 20.5. The number of ketones is 2. The number of ether oxygens (including phenoxy) is 1. The summed E-state index contributed by atoms with van der Waals surface area (Å²) in [4.78, 5) is 37.6. The van der Waals surface area contributed by atoms with E-state index in [0.717, 1.165) is 24.2 Å². The van der Waals surface area contributed by atoms with Crippen molar-refractivity contribution in [3.05, 3.63) is 108 Å². The number of benzene rings is 3. The van der Waals surface area contributed by atoms with Crippen LogP contribution in [-0.2, 0) is 20.0 Å². The van der Waals surface area contributed by atoms with E-state index in [9.17, 15) is 9.59 Å². The van der Waals surface area contributed by atoms with E-state index in [1.54, 1.807) is 6.92 Å². The number of likely N-dealkylation sites (tertiary alicyclic amines) is 1. The summed E-state index contributed by atoms with van der Waals surface area (Å²) in [6.07, 6.45) is 5.21. The van der Waals surface area contributed by atoms with Crippen molar-refractivity contribution in [1.29, 1.82) is 0 Å². The Hall–Kier alpha value is 0.0227. The topological polar surface area (TPSA) is 132 Å². The summed E-state index contributed by atoms with van der Waals surface area (Å²) >= 11 is 3.33. The van der Waals surface area contributed by atoms with E-state index in [0.29, 0.717) is 0 Å². The molecule has 0 spiro atoms. The molecular weight excluding hydrogens is 803 g/mol. The van der Waals surface area contributed by atoms with Crippen LogP contribution in [0.3, 0.4) is 0 Å². The zero-order valence-electron chi connectivity index (χ0n) is 35.3. The van der Waals surface area contributed by atoms with Gasteiger partial charge in [-0.05, 0) is 113 Å². The maximum atomic E-state index is 12.4. The van der Waals surface area contributed by atoms with Gasteiger partial charge in [-0.15, -0.1) is 0 Å². The second-order valence-corrected chi connectivity index (χ2v) is 16.1. The number of hydrogen-bond acceptors (Lipinski definition) is 9. The van der Waals surface area contributed by atoms with Crippen LogP contribution in [0.1, 0.15) is 109 Å². The molecule has 3 aromatic rings. The Bertz CT molecular complexity index is 1430. The van der Waals surface area contributed by atoms with Crippen molar-refractivity contribution in [1.82, 2.24) is 10.2 Å². The van der Waals surface area contributed by atoms with Gasteiger partial charge in [-0.25, -0.2) is 0 Å². The van der Waals surface area contributed by atoms with Crippen LogP contribution < -0.4 is 113 Å². The molecule has 3 saturated heterocycles. The number of aliphatic hydroxyl groups excluding tert-OH is 1. The van der Waals surface area contributed by atoms with Gasteiger partial charge in [-0.1, -0.05) is 107 Å². The van der Waals surface area contributed by atoms with Gasteiger partial charge in [0.2, 0.25) is 0 Å². The molecule has 6 rings (SSSR count). The van der Waals surface area contributed by atoms with E-state index in [2.05, 4.69) is 76.1 Å². The van der Waals surface area contributed by atoms with Crippen LogP contribution in [-0.4, -0.2) is 76.3 Å². The van der Waals surface area contributed by atoms with Gasteiger partial charge in [0.15, 0.2) is 11.6 Å². The first kappa shape index (κ1) is 56.1. The molecule has 1 atom stereocenters. The Morgan fingerprint density at radius 3 is 1.48 bits per heavy atom. The molecule has 3 aliphatic rings. The summed E-state index contributed by atoms with van der Waals surface area (Å²) in [7, 11) is 0. The number of epoxide rings is 1. The zero-order valence-corrected chi connectivity index (χ0v) is 42.2. The molecule has 54 heavy (non-hydrogen) atoms. The molecule has 0 amide bonds. The molecule has 1 unspecified atom stereocenters. The molecule has 9 nitrogen and oxygen atoms in total. The standard InChI is InChI=1S/C14H19NO.C11H14O.C10H11BrO.C4H9N.C2H6O.CH2O3.2K.H/c1-14(2,15-10-6-7-11-15)13(16)12-8-4-3-5-9-12;1-10(2)11(3,12-10)9-7-5-4-6-8-9;1-10(2,11)9(12)8-6-4-3-5-7-8;1-2-4-5-3-1;1-2-3;2-1-4-3;;;/h3-5,8-9H,6-7,10-11H2,1-2H3;4-8H,1-3H3;3-7H,1-2H3;5H,1-4H2;3H,2H2,1H3;1,3H;;;/q;;;;;;2*+1;-1/p-1. The van der Waals surface area contributed by atoms with E-state index in [1.807, 2.05) is 94.4 Å². The van der Waals surface area contributed by atoms with Gasteiger partial charge in [-0.3, -0.25) is 19.3 Å². The molecule has 290 valence electrons. The van der Waals surface area contributed by atoms with E-state index >= 15 is 0 Å². The number of nitrogens with zero attached hydrogens (tertiary/aromatic N) is 1. The van der Waals surface area contributed by atoms with Gasteiger partial charge in [-0.2, -0.15) is 0 Å². The number of halogens is 1. The fraction of sp³-hybridized carbons (Fsp3) is 0.500. The van der Waals surface area contributed by atoms with Gasteiger partial charge in [0, 0.05) is 17.7 Å². The summed E-state index contributed by atoms with van der Waals surface area (Å²) in [5, 5.41) is 19.2. The van der Waals surface area contributed by atoms with Gasteiger partial charge in [0.05, 0.1) is 15.5 Å². The average Bonchev–Trinajstić information content (AvgIpc) is 3.72. The molecule has 3 heterocycles. The Balaban J connectivity index is -0.000000632. The molecule has 0 saturated carbocycles. The van der Waals surface area contributed by atoms with Crippen molar-refractivity contribution >= 4 is 34.0 Å². The number of carbonyl (C=O) groups is 3. The normalized spacial score (nSPS) is 17.7. The number of aliphatic hydroxyl groups is 1. The smallest absolute Gasteiger partial charge is 1.00 e. The Kier molecular flexibility index (Phi) is 30.4. The van der Waals surface area contributed by atoms with Crippen molar-refractivity contribution < 1.29 is 139 Å². The van der Waals surface area contributed by atoms with Crippen LogP contribution >= 0.6 is 15.9 Å². The molecule has 12 heteroatoms. The van der Waals surface area contributed by atoms with Gasteiger partial charge >= 0.3 is 103 Å². The first-order valence-electron chi connectivity index (χ1n) is 18.0. The number of hydrogen-bond donors (Lipinski definition) is 2. The summed E-state index contributed by atoms with van der Waals surface area (Å²) in [5.74, 6) is 0.345. The molecule has 0 aliphatic carbocycles. The largest absolute Gasteiger partial charge is 1.00 e. The molecule has 0 aromatic heterocycles. The van der Waals surface area contributed by atoms with Gasteiger partial charge in [0.25, 0.3) is 6.47 Å². The van der Waals surface area contributed by atoms with Crippen molar-refractivity contribution in [2.45, 2.75) is 102 Å². The van der Waals surface area contributed by atoms with Crippen LogP contribution in [0, 0.1) is 0 Å². The molecular formula is C42H61BrK2N2O7. The number of carbonyl (C=O) groups excluding carboxylic acids is 3. The Morgan fingerprint density at radius 2 is 1.19 bits per heavy atom. The predicted octanol–water partition coefficient (Wildman–Crippen LogP) is 1.42. The minimum absolute atomic E-state index is 0. The minimum atomic E-state index is -0.464. The van der Waals surface area contributed by atoms with E-state index < -0.39 is 4.32 Å². The molecule has 0 bridgehead atoms. The molecule has 3 aromatic carbocycles. The predicted molar refractivity (Wildman–Crippen MR) is 212 cm³/mol. The van der Waals surface area contributed by atoms with Crippen LogP contribution in [0.4, 0.5) is 0 Å². The van der Waals surface area contributed by atoms with Crippen molar-refractivity contribution in [2.24, 2.45) is 0 Å². The fourth-order valence-electron chi connectivity index (χ4n) is 5.57. The second kappa shape index (κ2) is 29.3. The number of Topliss-reactive ketones (excluding diaryl/α,β-unsaturated/α-hetero) is 2. The Labute approximate surface area is 419 Å². The third-order valence-electron chi connectivity index (χ3n) is 8.95. The van der Waals surface area contributed by atoms with Gasteiger partial charge in [0.1, 0.15) is 5.60 Å². The molecule has 3 fully saturated rings. The zero-order chi connectivity index (χ0) is 39.3. The number of nitrogens with one attached hydrogen (secondary N) is 1. The third-order valence-corrected chi connectivity index (χ3v) is 9.31. The quantitative estimate of drug-likeness (QED) is 0.0690. The molecule has 0 radical (unpaired) electrons. The maximum absolute atomic E-state index is 12.4. The molecule has 2 N–H and O–H groups in total. The van der Waals surface area contributed by atoms with Gasteiger partial charge < -0.3 is 26.7 Å². The van der Waals surface area contributed by atoms with Crippen LogP contribution in [0.15, 0.2) is 91.0 Å². The SMILES string of the molecule is C1CCNC1.CC(C)(Br)C(=O)c1ccccc1.CC(C)(C(=O)c1ccccc1)N1CCCC1.CC1(C)OC1(C)c1ccccc1.CCO.O=CO[O-].[H-].[K+].[K+]. The first-order chi connectivity index (χ1) is 24.5. The summed E-state index contributed by atoms with van der Waals surface area (Å²) < 4.78 is 5.21. The average molecular weight is 864 g/mol. The third kappa shape index (κ3) is 20.1. The van der Waals surface area contributed by atoms with Crippen molar-refractivity contribution in [3.63, 3.8) is 0 Å². The number of rotatable bonds is 7. The first-order valence-corrected chi connectivity index (χ1v) is 18.8. The van der Waals surface area contributed by atoms with Crippen molar-refractivity contribution in [2.75, 3.05) is 32.8 Å². The second-order valence-electron chi connectivity index (χ2n) is 14.1. The van der Waals surface area contributed by atoms with E-state index in [-0.39, 0.29) is 146 Å².